The van der Waals surface area contributed by atoms with Crippen molar-refractivity contribution < 1.29 is 18.4 Å². The molecule has 2 aromatic carbocycles. The number of likely N-dealkylation sites (N-methyl/N-ethyl adjacent to an activating group) is 1. The monoisotopic (exact) mass is 451 g/mol. The van der Waals surface area contributed by atoms with Gasteiger partial charge in [0.05, 0.1) is 17.3 Å². The third-order valence-corrected chi connectivity index (χ3v) is 5.67. The number of likely N-dealkylation sites (tertiary alicyclic amines) is 1. The number of halogens is 3. The molecule has 3 rings (SSSR count). The zero-order chi connectivity index (χ0) is 22.7. The van der Waals surface area contributed by atoms with Gasteiger partial charge < -0.3 is 9.80 Å². The van der Waals surface area contributed by atoms with Crippen LogP contribution in [0.1, 0.15) is 22.3 Å². The Kier molecular flexibility index (Phi) is 7.09. The Balaban J connectivity index is 1.93. The number of anilines is 1. The summed E-state index contributed by atoms with van der Waals surface area (Å²) in [5.74, 6) is 3.24. The van der Waals surface area contributed by atoms with Gasteiger partial charge in [-0.05, 0) is 50.8 Å². The van der Waals surface area contributed by atoms with Gasteiger partial charge in [-0.25, -0.2) is 19.4 Å². The SMILES string of the molecule is CN(C)[C@H]1CCN(C(=O)N(Cc2ccc(C(=O)NN)cc2F)c2ccc(F)cc2Cl)C1. The Hall–Kier alpha value is -2.75. The van der Waals surface area contributed by atoms with Gasteiger partial charge in [-0.15, -0.1) is 0 Å². The molecule has 7 nitrogen and oxygen atoms in total. The molecule has 0 unspecified atom stereocenters. The van der Waals surface area contributed by atoms with Crippen molar-refractivity contribution in [3.63, 3.8) is 0 Å². The minimum atomic E-state index is -0.676. The van der Waals surface area contributed by atoms with E-state index in [1.54, 1.807) is 4.90 Å². The van der Waals surface area contributed by atoms with Crippen LogP contribution >= 0.6 is 11.6 Å². The maximum Gasteiger partial charge on any atom is 0.324 e. The van der Waals surface area contributed by atoms with Gasteiger partial charge in [0.2, 0.25) is 0 Å². The second-order valence-electron chi connectivity index (χ2n) is 7.60. The van der Waals surface area contributed by atoms with Gasteiger partial charge in [0.25, 0.3) is 5.91 Å². The number of hydrogen-bond acceptors (Lipinski definition) is 4. The number of rotatable bonds is 5. The first-order valence-electron chi connectivity index (χ1n) is 9.68. The molecule has 0 radical (unpaired) electrons. The minimum absolute atomic E-state index is 0.0382. The highest BCUT2D eigenvalue weighted by Crippen LogP contribution is 2.30. The summed E-state index contributed by atoms with van der Waals surface area (Å²) in [6, 6.07) is 7.40. The summed E-state index contributed by atoms with van der Waals surface area (Å²) in [6.45, 7) is 0.901. The second kappa shape index (κ2) is 9.59. The quantitative estimate of drug-likeness (QED) is 0.416. The van der Waals surface area contributed by atoms with E-state index in [2.05, 4.69) is 0 Å². The average molecular weight is 452 g/mol. The fourth-order valence-electron chi connectivity index (χ4n) is 3.53. The molecule has 0 bridgehead atoms. The molecule has 0 spiro atoms. The molecule has 0 saturated carbocycles. The Morgan fingerprint density at radius 2 is 1.97 bits per heavy atom. The largest absolute Gasteiger partial charge is 0.324 e. The number of nitrogens with two attached hydrogens (primary N) is 1. The van der Waals surface area contributed by atoms with E-state index in [9.17, 15) is 18.4 Å². The van der Waals surface area contributed by atoms with Crippen LogP contribution in [-0.4, -0.2) is 55.0 Å². The van der Waals surface area contributed by atoms with Crippen molar-refractivity contribution in [1.29, 1.82) is 0 Å². The van der Waals surface area contributed by atoms with Gasteiger partial charge in [-0.1, -0.05) is 17.7 Å². The van der Waals surface area contributed by atoms with Gasteiger partial charge in [0.15, 0.2) is 0 Å². The summed E-state index contributed by atoms with van der Waals surface area (Å²) in [7, 11) is 3.89. The van der Waals surface area contributed by atoms with Crippen LogP contribution in [0.15, 0.2) is 36.4 Å². The lowest BCUT2D eigenvalue weighted by molar-refractivity contribution is 0.0953. The topological polar surface area (TPSA) is 81.9 Å². The summed E-state index contributed by atoms with van der Waals surface area (Å²) in [5, 5.41) is 0.0382. The van der Waals surface area contributed by atoms with E-state index in [-0.39, 0.29) is 40.5 Å². The van der Waals surface area contributed by atoms with E-state index in [0.717, 1.165) is 18.6 Å². The maximum atomic E-state index is 14.7. The van der Waals surface area contributed by atoms with Crippen molar-refractivity contribution in [3.05, 3.63) is 64.2 Å². The lowest BCUT2D eigenvalue weighted by Crippen LogP contribution is -2.43. The molecule has 1 saturated heterocycles. The van der Waals surface area contributed by atoms with Crippen LogP contribution < -0.4 is 16.2 Å². The van der Waals surface area contributed by atoms with Crippen LogP contribution in [0.5, 0.6) is 0 Å². The first-order chi connectivity index (χ1) is 14.7. The third kappa shape index (κ3) is 5.12. The lowest BCUT2D eigenvalue weighted by Gasteiger charge is -2.29. The van der Waals surface area contributed by atoms with Crippen LogP contribution in [0.3, 0.4) is 0 Å². The lowest BCUT2D eigenvalue weighted by atomic mass is 10.1. The van der Waals surface area contributed by atoms with Crippen molar-refractivity contribution in [1.82, 2.24) is 15.2 Å². The molecule has 166 valence electrons. The number of nitrogens with one attached hydrogen (secondary N) is 1. The molecule has 3 N–H and O–H groups in total. The average Bonchev–Trinajstić information content (AvgIpc) is 3.23. The van der Waals surface area contributed by atoms with Crippen LogP contribution in [0.4, 0.5) is 19.3 Å². The molecule has 1 aliphatic heterocycles. The van der Waals surface area contributed by atoms with E-state index >= 15 is 0 Å². The number of hydrogen-bond donors (Lipinski definition) is 2. The van der Waals surface area contributed by atoms with Gasteiger partial charge >= 0.3 is 6.03 Å². The number of urea groups is 1. The van der Waals surface area contributed by atoms with E-state index in [0.29, 0.717) is 13.1 Å². The van der Waals surface area contributed by atoms with Crippen molar-refractivity contribution >= 4 is 29.2 Å². The smallest absolute Gasteiger partial charge is 0.323 e. The molecule has 0 aliphatic carbocycles. The fourth-order valence-corrected chi connectivity index (χ4v) is 3.80. The Labute approximate surface area is 184 Å². The fraction of sp³-hybridized carbons (Fsp3) is 0.333. The molecule has 1 atom stereocenters. The zero-order valence-electron chi connectivity index (χ0n) is 17.2. The molecule has 0 aromatic heterocycles. The van der Waals surface area contributed by atoms with Crippen molar-refractivity contribution in [3.8, 4) is 0 Å². The van der Waals surface area contributed by atoms with Gasteiger partial charge in [-0.3, -0.25) is 15.1 Å². The van der Waals surface area contributed by atoms with Crippen molar-refractivity contribution in [2.24, 2.45) is 5.84 Å². The number of amides is 3. The molecule has 1 fully saturated rings. The zero-order valence-corrected chi connectivity index (χ0v) is 18.0. The predicted molar refractivity (Wildman–Crippen MR) is 115 cm³/mol. The van der Waals surface area contributed by atoms with Gasteiger partial charge in [0, 0.05) is 30.3 Å². The summed E-state index contributed by atoms with van der Waals surface area (Å²) in [5.41, 5.74) is 2.43. The normalized spacial score (nSPS) is 16.0. The number of hydrazine groups is 1. The Bertz CT molecular complexity index is 988. The van der Waals surface area contributed by atoms with Crippen LogP contribution in [-0.2, 0) is 6.54 Å². The molecular weight excluding hydrogens is 428 g/mol. The van der Waals surface area contributed by atoms with E-state index in [4.69, 9.17) is 17.4 Å². The molecule has 3 amide bonds. The van der Waals surface area contributed by atoms with Gasteiger partial charge in [0.1, 0.15) is 11.6 Å². The number of carbonyl (C=O) groups excluding carboxylic acids is 2. The highest BCUT2D eigenvalue weighted by Gasteiger charge is 2.32. The van der Waals surface area contributed by atoms with Crippen LogP contribution in [0, 0.1) is 11.6 Å². The summed E-state index contributed by atoms with van der Waals surface area (Å²) in [4.78, 5) is 30.0. The second-order valence-corrected chi connectivity index (χ2v) is 8.00. The standard InChI is InChI=1S/C21H24ClF2N5O2/c1-27(2)16-7-8-28(12-16)21(31)29(19-6-5-15(23)10-17(19)22)11-14-4-3-13(9-18(14)24)20(30)26-25/h3-6,9-10,16H,7-8,11-12,25H2,1-2H3,(H,26,30)/t16-/m0/s1. The van der Waals surface area contributed by atoms with Crippen LogP contribution in [0.2, 0.25) is 5.02 Å². The highest BCUT2D eigenvalue weighted by atomic mass is 35.5. The predicted octanol–water partition coefficient (Wildman–Crippen LogP) is 2.98. The number of nitrogen functional groups attached to an aromatic ring is 1. The van der Waals surface area contributed by atoms with E-state index in [1.807, 2.05) is 24.4 Å². The number of carbonyl (C=O) groups is 2. The van der Waals surface area contributed by atoms with Gasteiger partial charge in [-0.2, -0.15) is 0 Å². The first-order valence-corrected chi connectivity index (χ1v) is 10.1. The summed E-state index contributed by atoms with van der Waals surface area (Å²) >= 11 is 6.22. The molecule has 31 heavy (non-hydrogen) atoms. The molecule has 10 heteroatoms. The Morgan fingerprint density at radius 3 is 2.55 bits per heavy atom. The van der Waals surface area contributed by atoms with E-state index in [1.165, 1.54) is 29.2 Å². The Morgan fingerprint density at radius 1 is 1.23 bits per heavy atom. The molecule has 1 heterocycles. The number of benzene rings is 2. The summed E-state index contributed by atoms with van der Waals surface area (Å²) < 4.78 is 28.3. The first kappa shape index (κ1) is 22.9. The molecular formula is C21H24ClF2N5O2. The van der Waals surface area contributed by atoms with Crippen LogP contribution in [0.25, 0.3) is 0 Å². The number of nitrogens with zero attached hydrogens (tertiary/aromatic N) is 3. The molecule has 2 aromatic rings. The van der Waals surface area contributed by atoms with Crippen molar-refractivity contribution in [2.75, 3.05) is 32.1 Å². The minimum Gasteiger partial charge on any atom is -0.323 e. The maximum absolute atomic E-state index is 14.7. The third-order valence-electron chi connectivity index (χ3n) is 5.37. The summed E-state index contributed by atoms with van der Waals surface area (Å²) in [6.07, 6.45) is 0.807. The van der Waals surface area contributed by atoms with E-state index < -0.39 is 17.5 Å². The highest BCUT2D eigenvalue weighted by molar-refractivity contribution is 6.33. The van der Waals surface area contributed by atoms with Crippen molar-refractivity contribution in [2.45, 2.75) is 19.0 Å². The molecule has 1 aliphatic rings.